The highest BCUT2D eigenvalue weighted by molar-refractivity contribution is 5.73. The summed E-state index contributed by atoms with van der Waals surface area (Å²) in [6.45, 7) is 5.97. The van der Waals surface area contributed by atoms with E-state index < -0.39 is 0 Å². The molecule has 5 heteroatoms. The van der Waals surface area contributed by atoms with Gasteiger partial charge in [0.2, 0.25) is 5.91 Å². The number of aromatic nitrogens is 3. The number of nitrogens with two attached hydrogens (primary N) is 1. The van der Waals surface area contributed by atoms with Crippen LogP contribution in [0.3, 0.4) is 0 Å². The number of carbonyl (C=O) groups is 1. The summed E-state index contributed by atoms with van der Waals surface area (Å²) in [6, 6.07) is 0. The van der Waals surface area contributed by atoms with Gasteiger partial charge in [0.15, 0.2) is 0 Å². The summed E-state index contributed by atoms with van der Waals surface area (Å²) in [6.07, 6.45) is 0. The van der Waals surface area contributed by atoms with Crippen molar-refractivity contribution in [1.29, 1.82) is 0 Å². The lowest BCUT2D eigenvalue weighted by Gasteiger charge is -2.07. The summed E-state index contributed by atoms with van der Waals surface area (Å²) in [4.78, 5) is 10.7. The van der Waals surface area contributed by atoms with Crippen LogP contribution in [0, 0.1) is 6.92 Å². The van der Waals surface area contributed by atoms with Crippen LogP contribution < -0.4 is 5.73 Å². The molecule has 2 N–H and O–H groups in total. The van der Waals surface area contributed by atoms with E-state index in [4.69, 9.17) is 5.73 Å². The molecule has 0 saturated heterocycles. The molecule has 0 unspecified atom stereocenters. The minimum absolute atomic E-state index is 0.159. The van der Waals surface area contributed by atoms with Gasteiger partial charge in [-0.3, -0.25) is 4.79 Å². The van der Waals surface area contributed by atoms with Crippen LogP contribution in [0.1, 0.15) is 31.4 Å². The number of aryl methyl sites for hydroxylation is 1. The van der Waals surface area contributed by atoms with Crippen LogP contribution in [0.15, 0.2) is 0 Å². The average molecular weight is 182 g/mol. The molecule has 72 valence electrons. The zero-order chi connectivity index (χ0) is 10.0. The number of hydrogen-bond donors (Lipinski definition) is 1. The van der Waals surface area contributed by atoms with Crippen LogP contribution in [0.5, 0.6) is 0 Å². The monoisotopic (exact) mass is 182 g/mol. The Kier molecular flexibility index (Phi) is 2.65. The number of rotatable bonds is 3. The number of carbonyl (C=O) groups excluding carboxylic acids is 1. The molecule has 1 rings (SSSR count). The van der Waals surface area contributed by atoms with Crippen LogP contribution >= 0.6 is 0 Å². The zero-order valence-electron chi connectivity index (χ0n) is 8.11. The summed E-state index contributed by atoms with van der Waals surface area (Å²) in [5.74, 6) is 1.41. The number of nitrogens with zero attached hydrogens (tertiary/aromatic N) is 3. The van der Waals surface area contributed by atoms with Crippen molar-refractivity contribution in [2.75, 3.05) is 0 Å². The second-order valence-electron chi connectivity index (χ2n) is 3.31. The average Bonchev–Trinajstić information content (AvgIpc) is 2.32. The predicted octanol–water partition coefficient (Wildman–Crippen LogP) is 0.195. The van der Waals surface area contributed by atoms with Crippen LogP contribution in [-0.2, 0) is 11.3 Å². The fourth-order valence-electron chi connectivity index (χ4n) is 1.18. The predicted molar refractivity (Wildman–Crippen MR) is 48.0 cm³/mol. The molecule has 0 radical (unpaired) electrons. The Bertz CT molecular complexity index is 316. The first kappa shape index (κ1) is 9.70. The first-order valence-electron chi connectivity index (χ1n) is 4.20. The summed E-state index contributed by atoms with van der Waals surface area (Å²) >= 11 is 0. The standard InChI is InChI=1S/C8H14N4O/c1-5(2)8-11-10-6(3)12(8)4-7(9)13/h5H,4H2,1-3H3,(H2,9,13). The molecule has 0 fully saturated rings. The first-order chi connectivity index (χ1) is 6.02. The lowest BCUT2D eigenvalue weighted by atomic mass is 10.2. The van der Waals surface area contributed by atoms with Gasteiger partial charge < -0.3 is 10.3 Å². The molecule has 0 aliphatic heterocycles. The van der Waals surface area contributed by atoms with Gasteiger partial charge in [-0.25, -0.2) is 0 Å². The van der Waals surface area contributed by atoms with Crippen LogP contribution in [0.4, 0.5) is 0 Å². The summed E-state index contributed by atoms with van der Waals surface area (Å²) in [7, 11) is 0. The lowest BCUT2D eigenvalue weighted by Crippen LogP contribution is -2.21. The van der Waals surface area contributed by atoms with Crippen LogP contribution in [0.25, 0.3) is 0 Å². The van der Waals surface area contributed by atoms with Gasteiger partial charge in [0.05, 0.1) is 0 Å². The molecule has 1 heterocycles. The molecule has 13 heavy (non-hydrogen) atoms. The molecule has 1 aromatic rings. The summed E-state index contributed by atoms with van der Waals surface area (Å²) in [5.41, 5.74) is 5.11. The molecular formula is C8H14N4O. The maximum atomic E-state index is 10.7. The highest BCUT2D eigenvalue weighted by atomic mass is 16.1. The van der Waals surface area contributed by atoms with Gasteiger partial charge >= 0.3 is 0 Å². The SMILES string of the molecule is Cc1nnc(C(C)C)n1CC(N)=O. The molecule has 0 saturated carbocycles. The van der Waals surface area contributed by atoms with E-state index in [1.165, 1.54) is 0 Å². The molecule has 1 aromatic heterocycles. The highest BCUT2D eigenvalue weighted by Crippen LogP contribution is 2.12. The van der Waals surface area contributed by atoms with E-state index in [1.54, 1.807) is 4.57 Å². The van der Waals surface area contributed by atoms with Crippen molar-refractivity contribution < 1.29 is 4.79 Å². The summed E-state index contributed by atoms with van der Waals surface area (Å²) in [5, 5.41) is 7.87. The Morgan fingerprint density at radius 1 is 1.54 bits per heavy atom. The van der Waals surface area contributed by atoms with E-state index >= 15 is 0 Å². The second kappa shape index (κ2) is 3.55. The minimum Gasteiger partial charge on any atom is -0.368 e. The Hall–Kier alpha value is -1.39. The number of amides is 1. The van der Waals surface area contributed by atoms with Crippen LogP contribution in [0.2, 0.25) is 0 Å². The maximum absolute atomic E-state index is 10.7. The van der Waals surface area contributed by atoms with Gasteiger partial charge in [-0.2, -0.15) is 0 Å². The van der Waals surface area contributed by atoms with Gasteiger partial charge in [0.1, 0.15) is 18.2 Å². The normalized spacial score (nSPS) is 10.8. The minimum atomic E-state index is -0.371. The molecular weight excluding hydrogens is 168 g/mol. The third-order valence-electron chi connectivity index (χ3n) is 1.79. The molecule has 0 aliphatic rings. The Morgan fingerprint density at radius 3 is 2.62 bits per heavy atom. The molecule has 0 aromatic carbocycles. The summed E-state index contributed by atoms with van der Waals surface area (Å²) < 4.78 is 1.74. The smallest absolute Gasteiger partial charge is 0.237 e. The van der Waals surface area contributed by atoms with Crippen molar-refractivity contribution in [3.8, 4) is 0 Å². The molecule has 0 bridgehead atoms. The topological polar surface area (TPSA) is 73.8 Å². The van der Waals surface area contributed by atoms with Crippen molar-refractivity contribution >= 4 is 5.91 Å². The van der Waals surface area contributed by atoms with E-state index in [1.807, 2.05) is 20.8 Å². The van der Waals surface area contributed by atoms with Crippen molar-refractivity contribution in [3.63, 3.8) is 0 Å². The number of primary amides is 1. The van der Waals surface area contributed by atoms with Gasteiger partial charge in [0.25, 0.3) is 0 Å². The number of hydrogen-bond acceptors (Lipinski definition) is 3. The molecule has 0 spiro atoms. The lowest BCUT2D eigenvalue weighted by molar-refractivity contribution is -0.118. The Labute approximate surface area is 76.9 Å². The van der Waals surface area contributed by atoms with Gasteiger partial charge in [0, 0.05) is 5.92 Å². The first-order valence-corrected chi connectivity index (χ1v) is 4.20. The van der Waals surface area contributed by atoms with Gasteiger partial charge in [-0.1, -0.05) is 13.8 Å². The van der Waals surface area contributed by atoms with Gasteiger partial charge in [-0.15, -0.1) is 10.2 Å². The molecule has 0 atom stereocenters. The Morgan fingerprint density at radius 2 is 2.15 bits per heavy atom. The molecule has 0 aliphatic carbocycles. The third-order valence-corrected chi connectivity index (χ3v) is 1.79. The van der Waals surface area contributed by atoms with Gasteiger partial charge in [-0.05, 0) is 6.92 Å². The molecule has 5 nitrogen and oxygen atoms in total. The van der Waals surface area contributed by atoms with Crippen molar-refractivity contribution in [1.82, 2.24) is 14.8 Å². The van der Waals surface area contributed by atoms with Crippen molar-refractivity contribution in [2.24, 2.45) is 5.73 Å². The second-order valence-corrected chi connectivity index (χ2v) is 3.31. The molecule has 1 amide bonds. The fourth-order valence-corrected chi connectivity index (χ4v) is 1.18. The van der Waals surface area contributed by atoms with Crippen molar-refractivity contribution in [3.05, 3.63) is 11.6 Å². The van der Waals surface area contributed by atoms with E-state index in [0.29, 0.717) is 0 Å². The largest absolute Gasteiger partial charge is 0.368 e. The zero-order valence-corrected chi connectivity index (χ0v) is 8.11. The van der Waals surface area contributed by atoms with E-state index in [0.717, 1.165) is 11.6 Å². The fraction of sp³-hybridized carbons (Fsp3) is 0.625. The highest BCUT2D eigenvalue weighted by Gasteiger charge is 2.12. The third kappa shape index (κ3) is 2.05. The maximum Gasteiger partial charge on any atom is 0.237 e. The quantitative estimate of drug-likeness (QED) is 0.725. The van der Waals surface area contributed by atoms with E-state index in [9.17, 15) is 4.79 Å². The Balaban J connectivity index is 3.01. The van der Waals surface area contributed by atoms with E-state index in [-0.39, 0.29) is 18.4 Å². The van der Waals surface area contributed by atoms with Crippen molar-refractivity contribution in [2.45, 2.75) is 33.2 Å². The van der Waals surface area contributed by atoms with E-state index in [2.05, 4.69) is 10.2 Å². The van der Waals surface area contributed by atoms with Crippen LogP contribution in [-0.4, -0.2) is 20.7 Å².